The molecule has 6 nitrogen and oxygen atoms in total. The van der Waals surface area contributed by atoms with Crippen LogP contribution in [0.1, 0.15) is 342 Å². The van der Waals surface area contributed by atoms with Crippen LogP contribution < -0.4 is 0 Å². The first kappa shape index (κ1) is 75.6. The van der Waals surface area contributed by atoms with Gasteiger partial charge < -0.3 is 14.2 Å². The Labute approximate surface area is 490 Å². The second-order valence-corrected chi connectivity index (χ2v) is 22.7. The minimum Gasteiger partial charge on any atom is -0.462 e. The van der Waals surface area contributed by atoms with Crippen LogP contribution in [0.3, 0.4) is 0 Å². The van der Waals surface area contributed by atoms with Crippen LogP contribution in [0.5, 0.6) is 0 Å². The zero-order valence-corrected chi connectivity index (χ0v) is 52.4. The predicted octanol–water partition coefficient (Wildman–Crippen LogP) is 23.4. The van der Waals surface area contributed by atoms with Gasteiger partial charge in [-0.2, -0.15) is 0 Å². The van der Waals surface area contributed by atoms with Crippen molar-refractivity contribution in [1.82, 2.24) is 0 Å². The number of esters is 3. The van der Waals surface area contributed by atoms with Gasteiger partial charge in [-0.05, 0) is 77.0 Å². The third-order valence-corrected chi connectivity index (χ3v) is 14.9. The summed E-state index contributed by atoms with van der Waals surface area (Å²) >= 11 is 0. The highest BCUT2D eigenvalue weighted by molar-refractivity contribution is 5.72. The lowest BCUT2D eigenvalue weighted by Crippen LogP contribution is -2.30. The number of carbonyl (C=O) groups excluding carboxylic acids is 3. The molecule has 6 heteroatoms. The standard InChI is InChI=1S/C73H128O6/c1-4-7-10-13-16-19-22-25-28-30-31-32-33-34-35-36-37-38-39-40-41-43-45-48-51-54-57-60-63-66-72(75)78-69-70(68-77-71(74)65-62-59-56-53-50-47-44-27-24-21-18-15-12-9-6-3)79-73(76)67-64-61-58-55-52-49-46-42-29-26-23-20-17-14-11-8-5-2/h9,12,18,21-22,25,27,30-31,44,50,53,59,62,70H,4-8,10-11,13-17,19-20,23-24,26,28-29,32-43,45-49,51-52,54-58,60-61,63-69H2,1-3H3/b12-9-,21-18-,25-22-,31-30-,44-27-,53-50-,62-59-. The minimum atomic E-state index is -0.815. The number of hydrogen-bond donors (Lipinski definition) is 0. The molecule has 0 fully saturated rings. The molecule has 0 aliphatic rings. The quantitative estimate of drug-likeness (QED) is 0.0261. The molecule has 0 amide bonds. The van der Waals surface area contributed by atoms with Crippen molar-refractivity contribution in [3.8, 4) is 0 Å². The van der Waals surface area contributed by atoms with Crippen LogP contribution >= 0.6 is 0 Å². The van der Waals surface area contributed by atoms with E-state index >= 15 is 0 Å². The van der Waals surface area contributed by atoms with Gasteiger partial charge in [0.15, 0.2) is 6.10 Å². The van der Waals surface area contributed by atoms with Crippen molar-refractivity contribution in [1.29, 1.82) is 0 Å². The lowest BCUT2D eigenvalue weighted by atomic mass is 10.0. The van der Waals surface area contributed by atoms with E-state index in [4.69, 9.17) is 14.2 Å². The summed E-state index contributed by atoms with van der Waals surface area (Å²) in [4.78, 5) is 38.3. The molecule has 0 aromatic carbocycles. The highest BCUT2D eigenvalue weighted by atomic mass is 16.6. The summed E-state index contributed by atoms with van der Waals surface area (Å²) in [5.74, 6) is -1.02. The van der Waals surface area contributed by atoms with E-state index in [1.807, 2.05) is 12.2 Å². The fraction of sp³-hybridized carbons (Fsp3) is 0.767. The van der Waals surface area contributed by atoms with E-state index in [1.54, 1.807) is 0 Å². The van der Waals surface area contributed by atoms with Gasteiger partial charge in [-0.15, -0.1) is 0 Å². The van der Waals surface area contributed by atoms with Gasteiger partial charge in [0.05, 0.1) is 6.42 Å². The molecule has 79 heavy (non-hydrogen) atoms. The molecule has 0 aliphatic carbocycles. The van der Waals surface area contributed by atoms with E-state index in [-0.39, 0.29) is 31.6 Å². The van der Waals surface area contributed by atoms with Gasteiger partial charge in [-0.1, -0.05) is 331 Å². The summed E-state index contributed by atoms with van der Waals surface area (Å²) in [5.41, 5.74) is 0. The Balaban J connectivity index is 4.28. The Hall–Kier alpha value is -3.41. The SMILES string of the molecule is CC/C=C\C/C=C\C/C=C\C/C=C\C/C=C\CC(=O)OCC(COC(=O)CCCCCCCCCCCCCCCCCCC/C=C\C/C=C\CCCCCCC)OC(=O)CCCCCCCCCCCCCCCCCCC. The van der Waals surface area contributed by atoms with Gasteiger partial charge in [0, 0.05) is 12.8 Å². The molecule has 0 saturated carbocycles. The van der Waals surface area contributed by atoms with Gasteiger partial charge in [0.2, 0.25) is 0 Å². The molecule has 1 atom stereocenters. The number of carbonyl (C=O) groups is 3. The number of unbranched alkanes of at least 4 members (excludes halogenated alkanes) is 38. The monoisotopic (exact) mass is 1100 g/mol. The first-order valence-corrected chi connectivity index (χ1v) is 34.1. The maximum absolute atomic E-state index is 12.9. The summed E-state index contributed by atoms with van der Waals surface area (Å²) < 4.78 is 16.8. The molecule has 0 aromatic heterocycles. The number of hydrogen-bond acceptors (Lipinski definition) is 6. The molecule has 0 radical (unpaired) electrons. The molecule has 0 aromatic rings. The molecule has 0 rings (SSSR count). The number of rotatable bonds is 62. The lowest BCUT2D eigenvalue weighted by Gasteiger charge is -2.18. The Bertz CT molecular complexity index is 1500. The largest absolute Gasteiger partial charge is 0.462 e. The Kier molecular flexibility index (Phi) is 64.2. The van der Waals surface area contributed by atoms with Crippen molar-refractivity contribution < 1.29 is 28.6 Å². The molecule has 0 aliphatic heterocycles. The molecular formula is C73H128O6. The molecule has 0 spiro atoms. The third kappa shape index (κ3) is 65.3. The Morgan fingerprint density at radius 3 is 0.886 bits per heavy atom. The second kappa shape index (κ2) is 67.1. The summed E-state index contributed by atoms with van der Waals surface area (Å²) in [7, 11) is 0. The minimum absolute atomic E-state index is 0.102. The van der Waals surface area contributed by atoms with Crippen molar-refractivity contribution in [2.75, 3.05) is 13.2 Å². The van der Waals surface area contributed by atoms with Crippen LogP contribution in [0.25, 0.3) is 0 Å². The van der Waals surface area contributed by atoms with E-state index < -0.39 is 12.1 Å². The van der Waals surface area contributed by atoms with Crippen molar-refractivity contribution in [3.05, 3.63) is 85.1 Å². The summed E-state index contributed by atoms with van der Waals surface area (Å²) in [6.07, 6.45) is 89.2. The third-order valence-electron chi connectivity index (χ3n) is 14.9. The highest BCUT2D eigenvalue weighted by Crippen LogP contribution is 2.18. The maximum Gasteiger partial charge on any atom is 0.309 e. The topological polar surface area (TPSA) is 78.9 Å². The van der Waals surface area contributed by atoms with Crippen molar-refractivity contribution in [3.63, 3.8) is 0 Å². The highest BCUT2D eigenvalue weighted by Gasteiger charge is 2.19. The van der Waals surface area contributed by atoms with Crippen LogP contribution in [-0.4, -0.2) is 37.2 Å². The predicted molar refractivity (Wildman–Crippen MR) is 344 cm³/mol. The molecule has 0 bridgehead atoms. The summed E-state index contributed by atoms with van der Waals surface area (Å²) in [6, 6.07) is 0. The van der Waals surface area contributed by atoms with Gasteiger partial charge in [-0.25, -0.2) is 0 Å². The van der Waals surface area contributed by atoms with Crippen molar-refractivity contribution in [2.24, 2.45) is 0 Å². The smallest absolute Gasteiger partial charge is 0.309 e. The van der Waals surface area contributed by atoms with Gasteiger partial charge in [0.25, 0.3) is 0 Å². The number of allylic oxidation sites excluding steroid dienone is 13. The molecular weight excluding hydrogens is 973 g/mol. The van der Waals surface area contributed by atoms with E-state index in [0.29, 0.717) is 12.8 Å². The van der Waals surface area contributed by atoms with Crippen LogP contribution in [0, 0.1) is 0 Å². The Morgan fingerprint density at radius 1 is 0.278 bits per heavy atom. The molecule has 0 N–H and O–H groups in total. The molecule has 456 valence electrons. The van der Waals surface area contributed by atoms with E-state index in [0.717, 1.165) is 77.0 Å². The van der Waals surface area contributed by atoms with Crippen LogP contribution in [0.4, 0.5) is 0 Å². The van der Waals surface area contributed by atoms with Gasteiger partial charge in [0.1, 0.15) is 13.2 Å². The van der Waals surface area contributed by atoms with E-state index in [9.17, 15) is 14.4 Å². The van der Waals surface area contributed by atoms with E-state index in [2.05, 4.69) is 93.7 Å². The number of ether oxygens (including phenoxy) is 3. The maximum atomic E-state index is 12.9. The lowest BCUT2D eigenvalue weighted by molar-refractivity contribution is -0.166. The Morgan fingerprint density at radius 2 is 0.544 bits per heavy atom. The summed E-state index contributed by atoms with van der Waals surface area (Å²) in [5, 5.41) is 0. The zero-order valence-electron chi connectivity index (χ0n) is 52.4. The first-order chi connectivity index (χ1) is 39.0. The fourth-order valence-electron chi connectivity index (χ4n) is 9.84. The van der Waals surface area contributed by atoms with Crippen molar-refractivity contribution >= 4 is 17.9 Å². The molecule has 0 saturated heterocycles. The average molecular weight is 1100 g/mol. The normalized spacial score (nSPS) is 12.6. The van der Waals surface area contributed by atoms with Gasteiger partial charge in [-0.3, -0.25) is 14.4 Å². The van der Waals surface area contributed by atoms with Crippen LogP contribution in [0.15, 0.2) is 85.1 Å². The molecule has 0 heterocycles. The zero-order chi connectivity index (χ0) is 57.1. The molecule has 1 unspecified atom stereocenters. The fourth-order valence-corrected chi connectivity index (χ4v) is 9.84. The first-order valence-electron chi connectivity index (χ1n) is 34.1. The average Bonchev–Trinajstić information content (AvgIpc) is 3.45. The van der Waals surface area contributed by atoms with Gasteiger partial charge >= 0.3 is 17.9 Å². The van der Waals surface area contributed by atoms with Crippen LogP contribution in [0.2, 0.25) is 0 Å². The van der Waals surface area contributed by atoms with Crippen LogP contribution in [-0.2, 0) is 28.6 Å². The van der Waals surface area contributed by atoms with Crippen molar-refractivity contribution in [2.45, 2.75) is 348 Å². The second-order valence-electron chi connectivity index (χ2n) is 22.7. The summed E-state index contributed by atoms with van der Waals surface area (Å²) in [6.45, 7) is 6.48. The van der Waals surface area contributed by atoms with E-state index in [1.165, 1.54) is 225 Å².